The summed E-state index contributed by atoms with van der Waals surface area (Å²) in [5.74, 6) is -3.06. The van der Waals surface area contributed by atoms with E-state index in [4.69, 9.17) is 0 Å². The maximum atomic E-state index is 12.6. The standard InChI is InChI=1S/C19H17NO6S/c1-3-26-19(25)17(22)20-12-8-9-15(16(21)11(2)10-12)27-14-7-5-4-6-13(14)18(23)24/h4-10H,3H2,1-2H3,(H,20,22)(H,23,24). The number of aryl methyl sites for hydroxylation is 1. The Kier molecular flexibility index (Phi) is 6.73. The second kappa shape index (κ2) is 9.00. The first-order chi connectivity index (χ1) is 12.8. The number of rotatable bonds is 5. The summed E-state index contributed by atoms with van der Waals surface area (Å²) in [5, 5.41) is 11.7. The summed E-state index contributed by atoms with van der Waals surface area (Å²) in [4.78, 5) is 47.8. The van der Waals surface area contributed by atoms with E-state index in [0.717, 1.165) is 11.8 Å². The van der Waals surface area contributed by atoms with Crippen LogP contribution in [0.1, 0.15) is 22.8 Å². The summed E-state index contributed by atoms with van der Waals surface area (Å²) < 4.78 is 4.62. The van der Waals surface area contributed by atoms with Crippen molar-refractivity contribution in [2.75, 3.05) is 11.9 Å². The molecule has 2 N–H and O–H groups in total. The number of amides is 1. The first-order valence-electron chi connectivity index (χ1n) is 7.96. The molecule has 0 atom stereocenters. The Hall–Kier alpha value is -3.13. The zero-order valence-corrected chi connectivity index (χ0v) is 15.5. The molecule has 0 saturated carbocycles. The van der Waals surface area contributed by atoms with Crippen molar-refractivity contribution in [2.24, 2.45) is 0 Å². The van der Waals surface area contributed by atoms with E-state index in [-0.39, 0.29) is 28.2 Å². The van der Waals surface area contributed by atoms with Crippen LogP contribution in [0.4, 0.5) is 5.69 Å². The predicted octanol–water partition coefficient (Wildman–Crippen LogP) is 2.71. The van der Waals surface area contributed by atoms with Crippen molar-refractivity contribution in [1.82, 2.24) is 0 Å². The molecule has 0 aliphatic rings. The molecule has 0 fully saturated rings. The van der Waals surface area contributed by atoms with E-state index in [1.165, 1.54) is 24.3 Å². The molecule has 0 aliphatic heterocycles. The molecule has 0 radical (unpaired) electrons. The lowest BCUT2D eigenvalue weighted by molar-refractivity contribution is -0.152. The van der Waals surface area contributed by atoms with Crippen molar-refractivity contribution in [3.05, 3.63) is 63.8 Å². The third-order valence-corrected chi connectivity index (χ3v) is 4.54. The molecule has 0 heterocycles. The van der Waals surface area contributed by atoms with Crippen LogP contribution in [0.5, 0.6) is 0 Å². The monoisotopic (exact) mass is 387 g/mol. The first-order valence-corrected chi connectivity index (χ1v) is 8.78. The summed E-state index contributed by atoms with van der Waals surface area (Å²) in [6, 6.07) is 10.7. The van der Waals surface area contributed by atoms with Gasteiger partial charge in [-0.05, 0) is 49.7 Å². The average molecular weight is 387 g/mol. The van der Waals surface area contributed by atoms with Crippen LogP contribution in [0, 0.1) is 6.92 Å². The number of carboxylic acid groups (broad SMARTS) is 1. The zero-order valence-electron chi connectivity index (χ0n) is 14.6. The average Bonchev–Trinajstić information content (AvgIpc) is 2.76. The van der Waals surface area contributed by atoms with Gasteiger partial charge in [0, 0.05) is 10.6 Å². The fourth-order valence-electron chi connectivity index (χ4n) is 2.17. The van der Waals surface area contributed by atoms with E-state index < -0.39 is 17.8 Å². The lowest BCUT2D eigenvalue weighted by Gasteiger charge is -2.04. The van der Waals surface area contributed by atoms with Gasteiger partial charge in [0.25, 0.3) is 0 Å². The summed E-state index contributed by atoms with van der Waals surface area (Å²) in [7, 11) is 0. The van der Waals surface area contributed by atoms with Gasteiger partial charge in [-0.1, -0.05) is 23.9 Å². The van der Waals surface area contributed by atoms with E-state index in [2.05, 4.69) is 10.1 Å². The highest BCUT2D eigenvalue weighted by molar-refractivity contribution is 7.99. The lowest BCUT2D eigenvalue weighted by atomic mass is 10.2. The molecular weight excluding hydrogens is 370 g/mol. The highest BCUT2D eigenvalue weighted by atomic mass is 32.2. The summed E-state index contributed by atoms with van der Waals surface area (Å²) in [6.07, 6.45) is 0. The molecule has 27 heavy (non-hydrogen) atoms. The molecule has 0 aliphatic carbocycles. The van der Waals surface area contributed by atoms with E-state index in [1.54, 1.807) is 32.0 Å². The number of carbonyl (C=O) groups is 3. The van der Waals surface area contributed by atoms with Crippen LogP contribution < -0.4 is 10.7 Å². The van der Waals surface area contributed by atoms with Gasteiger partial charge in [-0.15, -0.1) is 0 Å². The van der Waals surface area contributed by atoms with Gasteiger partial charge in [0.05, 0.1) is 17.1 Å². The highest BCUT2D eigenvalue weighted by Crippen LogP contribution is 2.29. The number of anilines is 1. The number of aromatic carboxylic acids is 1. The molecule has 2 aromatic carbocycles. The summed E-state index contributed by atoms with van der Waals surface area (Å²) in [5.41, 5.74) is 0.356. The fraction of sp³-hybridized carbons (Fsp3) is 0.158. The number of nitrogens with one attached hydrogen (secondary N) is 1. The summed E-state index contributed by atoms with van der Waals surface area (Å²) in [6.45, 7) is 3.22. The van der Waals surface area contributed by atoms with Gasteiger partial charge < -0.3 is 15.2 Å². The Labute approximate surface area is 159 Å². The van der Waals surface area contributed by atoms with Crippen LogP contribution in [-0.4, -0.2) is 29.6 Å². The molecular formula is C19H17NO6S. The zero-order chi connectivity index (χ0) is 20.0. The predicted molar refractivity (Wildman–Crippen MR) is 100 cm³/mol. The number of carboxylic acids is 1. The van der Waals surface area contributed by atoms with Crippen LogP contribution >= 0.6 is 11.8 Å². The van der Waals surface area contributed by atoms with Gasteiger partial charge in [0.2, 0.25) is 0 Å². The van der Waals surface area contributed by atoms with Crippen molar-refractivity contribution in [3.63, 3.8) is 0 Å². The number of hydrogen-bond donors (Lipinski definition) is 2. The Balaban J connectivity index is 2.35. The van der Waals surface area contributed by atoms with Crippen molar-refractivity contribution in [1.29, 1.82) is 0 Å². The Morgan fingerprint density at radius 2 is 1.81 bits per heavy atom. The largest absolute Gasteiger partial charge is 0.478 e. The number of benzene rings is 1. The second-order valence-corrected chi connectivity index (χ2v) is 6.47. The van der Waals surface area contributed by atoms with Gasteiger partial charge in [-0.2, -0.15) is 0 Å². The van der Waals surface area contributed by atoms with Gasteiger partial charge in [0.15, 0.2) is 5.43 Å². The van der Waals surface area contributed by atoms with Crippen LogP contribution in [0.15, 0.2) is 57.1 Å². The quantitative estimate of drug-likeness (QED) is 0.599. The first kappa shape index (κ1) is 20.2. The van der Waals surface area contributed by atoms with Gasteiger partial charge in [-0.25, -0.2) is 9.59 Å². The smallest absolute Gasteiger partial charge is 0.397 e. The maximum Gasteiger partial charge on any atom is 0.397 e. The Morgan fingerprint density at radius 3 is 2.48 bits per heavy atom. The normalized spacial score (nSPS) is 10.1. The molecule has 0 saturated heterocycles. The Bertz CT molecular complexity index is 957. The molecule has 1 amide bonds. The van der Waals surface area contributed by atoms with Crippen molar-refractivity contribution >= 4 is 35.3 Å². The van der Waals surface area contributed by atoms with E-state index >= 15 is 0 Å². The van der Waals surface area contributed by atoms with Crippen molar-refractivity contribution < 1.29 is 24.2 Å². The number of carbonyl (C=O) groups excluding carboxylic acids is 2. The molecule has 0 spiro atoms. The van der Waals surface area contributed by atoms with Crippen LogP contribution in [0.3, 0.4) is 0 Å². The van der Waals surface area contributed by atoms with E-state index in [0.29, 0.717) is 10.5 Å². The third-order valence-electron chi connectivity index (χ3n) is 3.42. The molecule has 0 aromatic heterocycles. The van der Waals surface area contributed by atoms with Crippen LogP contribution in [-0.2, 0) is 14.3 Å². The number of hydrogen-bond acceptors (Lipinski definition) is 6. The minimum Gasteiger partial charge on any atom is -0.478 e. The topological polar surface area (TPSA) is 110 Å². The van der Waals surface area contributed by atoms with Gasteiger partial charge in [-0.3, -0.25) is 9.59 Å². The molecule has 7 nitrogen and oxygen atoms in total. The highest BCUT2D eigenvalue weighted by Gasteiger charge is 2.16. The minimum absolute atomic E-state index is 0.0718. The molecule has 140 valence electrons. The molecule has 0 bridgehead atoms. The third kappa shape index (κ3) is 5.18. The van der Waals surface area contributed by atoms with E-state index in [1.807, 2.05) is 0 Å². The maximum absolute atomic E-state index is 12.6. The van der Waals surface area contributed by atoms with Gasteiger partial charge >= 0.3 is 17.8 Å². The Morgan fingerprint density at radius 1 is 1.11 bits per heavy atom. The lowest BCUT2D eigenvalue weighted by Crippen LogP contribution is -2.24. The number of ether oxygens (including phenoxy) is 1. The molecule has 8 heteroatoms. The fourth-order valence-corrected chi connectivity index (χ4v) is 3.21. The SMILES string of the molecule is CCOC(=O)C(=O)Nc1ccc(Sc2ccccc2C(=O)O)c(=O)c(C)c1. The molecule has 0 unspecified atom stereocenters. The van der Waals surface area contributed by atoms with Crippen molar-refractivity contribution in [3.8, 4) is 0 Å². The minimum atomic E-state index is -1.09. The van der Waals surface area contributed by atoms with E-state index in [9.17, 15) is 24.3 Å². The van der Waals surface area contributed by atoms with Crippen LogP contribution in [0.2, 0.25) is 0 Å². The molecule has 2 aromatic rings. The van der Waals surface area contributed by atoms with Gasteiger partial charge in [0.1, 0.15) is 0 Å². The second-order valence-electron chi connectivity index (χ2n) is 5.39. The number of esters is 1. The summed E-state index contributed by atoms with van der Waals surface area (Å²) >= 11 is 1.02. The van der Waals surface area contributed by atoms with Crippen LogP contribution in [0.25, 0.3) is 0 Å². The molecule has 2 rings (SSSR count). The van der Waals surface area contributed by atoms with Crippen molar-refractivity contribution in [2.45, 2.75) is 23.6 Å².